The van der Waals surface area contributed by atoms with Gasteiger partial charge in [0.15, 0.2) is 11.5 Å². The largest absolute Gasteiger partial charge is 0.480 e. The van der Waals surface area contributed by atoms with E-state index in [-0.39, 0.29) is 30.0 Å². The molecule has 0 radical (unpaired) electrons. The van der Waals surface area contributed by atoms with Crippen molar-refractivity contribution in [1.82, 2.24) is 5.16 Å². The number of carbonyl (C=O) groups is 2. The van der Waals surface area contributed by atoms with Crippen molar-refractivity contribution in [1.29, 1.82) is 0 Å². The second kappa shape index (κ2) is 7.52. The summed E-state index contributed by atoms with van der Waals surface area (Å²) in [6, 6.07) is 8.12. The molecule has 0 saturated heterocycles. The van der Waals surface area contributed by atoms with Gasteiger partial charge in [0.25, 0.3) is 0 Å². The molecule has 2 aromatic rings. The SMILES string of the molecule is N[C@@H](Cc1c(C(=O)O)noc1COCc1ccccc1)C(=O)O. The van der Waals surface area contributed by atoms with Crippen LogP contribution in [0.25, 0.3) is 0 Å². The molecule has 0 aliphatic heterocycles. The summed E-state index contributed by atoms with van der Waals surface area (Å²) in [6.45, 7) is 0.269. The van der Waals surface area contributed by atoms with E-state index < -0.39 is 18.0 Å². The summed E-state index contributed by atoms with van der Waals surface area (Å²) in [5.74, 6) is -2.38. The van der Waals surface area contributed by atoms with Crippen molar-refractivity contribution in [3.63, 3.8) is 0 Å². The average molecular weight is 320 g/mol. The van der Waals surface area contributed by atoms with Crippen molar-refractivity contribution >= 4 is 11.9 Å². The number of aliphatic carboxylic acids is 1. The predicted molar refractivity (Wildman–Crippen MR) is 77.7 cm³/mol. The van der Waals surface area contributed by atoms with Crippen LogP contribution in [0.1, 0.15) is 27.4 Å². The minimum absolute atomic E-state index is 0.0309. The molecule has 0 spiro atoms. The lowest BCUT2D eigenvalue weighted by atomic mass is 10.0. The van der Waals surface area contributed by atoms with E-state index in [1.807, 2.05) is 30.3 Å². The molecule has 1 atom stereocenters. The highest BCUT2D eigenvalue weighted by atomic mass is 16.5. The lowest BCUT2D eigenvalue weighted by Crippen LogP contribution is -2.33. The van der Waals surface area contributed by atoms with Crippen LogP contribution in [0.2, 0.25) is 0 Å². The summed E-state index contributed by atoms with van der Waals surface area (Å²) in [5, 5.41) is 21.4. The molecule has 23 heavy (non-hydrogen) atoms. The van der Waals surface area contributed by atoms with Crippen LogP contribution in [0.15, 0.2) is 34.9 Å². The molecule has 0 fully saturated rings. The Labute approximate surface area is 131 Å². The molecule has 1 heterocycles. The molecule has 1 aromatic carbocycles. The molecule has 0 aliphatic rings. The zero-order chi connectivity index (χ0) is 16.8. The number of carboxylic acids is 2. The molecule has 8 nitrogen and oxygen atoms in total. The van der Waals surface area contributed by atoms with E-state index in [4.69, 9.17) is 25.2 Å². The highest BCUT2D eigenvalue weighted by molar-refractivity contribution is 5.87. The normalized spacial score (nSPS) is 12.0. The van der Waals surface area contributed by atoms with Crippen LogP contribution < -0.4 is 5.73 Å². The fourth-order valence-electron chi connectivity index (χ4n) is 1.98. The minimum Gasteiger partial charge on any atom is -0.480 e. The first-order valence-electron chi connectivity index (χ1n) is 6.79. The van der Waals surface area contributed by atoms with Gasteiger partial charge in [0.2, 0.25) is 0 Å². The highest BCUT2D eigenvalue weighted by Crippen LogP contribution is 2.18. The number of benzene rings is 1. The zero-order valence-corrected chi connectivity index (χ0v) is 12.1. The van der Waals surface area contributed by atoms with Gasteiger partial charge in [-0.15, -0.1) is 0 Å². The first-order chi connectivity index (χ1) is 11.0. The maximum atomic E-state index is 11.1. The van der Waals surface area contributed by atoms with Crippen molar-refractivity contribution in [2.24, 2.45) is 5.73 Å². The number of hydrogen-bond acceptors (Lipinski definition) is 6. The van der Waals surface area contributed by atoms with E-state index in [1.54, 1.807) is 0 Å². The van der Waals surface area contributed by atoms with Crippen molar-refractivity contribution in [2.45, 2.75) is 25.7 Å². The van der Waals surface area contributed by atoms with E-state index >= 15 is 0 Å². The zero-order valence-electron chi connectivity index (χ0n) is 12.1. The fourth-order valence-corrected chi connectivity index (χ4v) is 1.98. The molecular weight excluding hydrogens is 304 g/mol. The predicted octanol–water partition coefficient (Wildman–Crippen LogP) is 1.04. The minimum atomic E-state index is -1.31. The highest BCUT2D eigenvalue weighted by Gasteiger charge is 2.25. The van der Waals surface area contributed by atoms with Gasteiger partial charge in [0.05, 0.1) is 6.61 Å². The fraction of sp³-hybridized carbons (Fsp3) is 0.267. The van der Waals surface area contributed by atoms with Crippen LogP contribution in [-0.4, -0.2) is 33.4 Å². The molecular formula is C15H16N2O6. The summed E-state index contributed by atoms with van der Waals surface area (Å²) < 4.78 is 10.4. The van der Waals surface area contributed by atoms with Crippen molar-refractivity contribution in [3.8, 4) is 0 Å². The molecule has 122 valence electrons. The second-order valence-corrected chi connectivity index (χ2v) is 4.87. The third-order valence-corrected chi connectivity index (χ3v) is 3.16. The van der Waals surface area contributed by atoms with Crippen LogP contribution in [0, 0.1) is 0 Å². The first kappa shape index (κ1) is 16.7. The molecule has 0 saturated carbocycles. The Hall–Kier alpha value is -2.71. The molecule has 0 amide bonds. The summed E-state index contributed by atoms with van der Waals surface area (Å²) >= 11 is 0. The van der Waals surface area contributed by atoms with Gasteiger partial charge in [-0.1, -0.05) is 35.5 Å². The first-order valence-corrected chi connectivity index (χ1v) is 6.79. The number of aromatic nitrogens is 1. The average Bonchev–Trinajstić information content (AvgIpc) is 2.91. The van der Waals surface area contributed by atoms with E-state index in [1.165, 1.54) is 0 Å². The van der Waals surface area contributed by atoms with Gasteiger partial charge < -0.3 is 25.2 Å². The third-order valence-electron chi connectivity index (χ3n) is 3.16. The van der Waals surface area contributed by atoms with E-state index in [2.05, 4.69) is 5.16 Å². The number of hydrogen-bond donors (Lipinski definition) is 3. The van der Waals surface area contributed by atoms with Crippen LogP contribution in [0.3, 0.4) is 0 Å². The lowest BCUT2D eigenvalue weighted by Gasteiger charge is -2.07. The maximum Gasteiger partial charge on any atom is 0.358 e. The number of nitrogens with zero attached hydrogens (tertiary/aromatic N) is 1. The van der Waals surface area contributed by atoms with Crippen molar-refractivity contribution < 1.29 is 29.1 Å². The maximum absolute atomic E-state index is 11.1. The third kappa shape index (κ3) is 4.38. The Bertz CT molecular complexity index is 683. The monoisotopic (exact) mass is 320 g/mol. The van der Waals surface area contributed by atoms with Gasteiger partial charge in [-0.25, -0.2) is 4.79 Å². The van der Waals surface area contributed by atoms with Gasteiger partial charge in [0.1, 0.15) is 12.6 Å². The molecule has 0 unspecified atom stereocenters. The van der Waals surface area contributed by atoms with E-state index in [0.717, 1.165) is 5.56 Å². The van der Waals surface area contributed by atoms with Crippen LogP contribution in [0.5, 0.6) is 0 Å². The van der Waals surface area contributed by atoms with Gasteiger partial charge in [-0.2, -0.15) is 0 Å². The van der Waals surface area contributed by atoms with E-state index in [9.17, 15) is 9.59 Å². The second-order valence-electron chi connectivity index (χ2n) is 4.87. The Morgan fingerprint density at radius 3 is 2.52 bits per heavy atom. The molecule has 2 rings (SSSR count). The van der Waals surface area contributed by atoms with Gasteiger partial charge in [-0.05, 0) is 5.56 Å². The van der Waals surface area contributed by atoms with Gasteiger partial charge in [-0.3, -0.25) is 4.79 Å². The standard InChI is InChI=1S/C15H16N2O6/c16-11(14(18)19)6-10-12(23-17-13(10)15(20)21)8-22-7-9-4-2-1-3-5-9/h1-5,11H,6-8,16H2,(H,18,19)(H,20,21)/t11-/m0/s1. The molecule has 0 bridgehead atoms. The molecule has 4 N–H and O–H groups in total. The quantitative estimate of drug-likeness (QED) is 0.656. The number of ether oxygens (including phenoxy) is 1. The van der Waals surface area contributed by atoms with Gasteiger partial charge >= 0.3 is 11.9 Å². The van der Waals surface area contributed by atoms with Crippen LogP contribution in [0.4, 0.5) is 0 Å². The summed E-state index contributed by atoms with van der Waals surface area (Å²) in [7, 11) is 0. The van der Waals surface area contributed by atoms with Crippen LogP contribution in [-0.2, 0) is 29.2 Å². The molecule has 0 aliphatic carbocycles. The number of rotatable bonds is 8. The smallest absolute Gasteiger partial charge is 0.358 e. The molecule has 1 aromatic heterocycles. The van der Waals surface area contributed by atoms with Crippen molar-refractivity contribution in [2.75, 3.05) is 0 Å². The van der Waals surface area contributed by atoms with E-state index in [0.29, 0.717) is 6.61 Å². The van der Waals surface area contributed by atoms with Gasteiger partial charge in [0, 0.05) is 12.0 Å². The Morgan fingerprint density at radius 1 is 1.22 bits per heavy atom. The Kier molecular flexibility index (Phi) is 5.45. The topological polar surface area (TPSA) is 136 Å². The Morgan fingerprint density at radius 2 is 1.91 bits per heavy atom. The Balaban J connectivity index is 2.08. The lowest BCUT2D eigenvalue weighted by molar-refractivity contribution is -0.138. The van der Waals surface area contributed by atoms with Crippen LogP contribution >= 0.6 is 0 Å². The summed E-state index contributed by atoms with van der Waals surface area (Å²) in [5.41, 5.74) is 6.19. The number of aromatic carboxylic acids is 1. The molecule has 8 heteroatoms. The summed E-state index contributed by atoms with van der Waals surface area (Å²) in [6.07, 6.45) is -0.204. The number of nitrogens with two attached hydrogens (primary N) is 1. The summed E-state index contributed by atoms with van der Waals surface area (Å²) in [4.78, 5) is 22.0. The number of carboxylic acid groups (broad SMARTS) is 2. The van der Waals surface area contributed by atoms with Crippen molar-refractivity contribution in [3.05, 3.63) is 52.9 Å².